The van der Waals surface area contributed by atoms with Gasteiger partial charge in [0.1, 0.15) is 12.1 Å². The van der Waals surface area contributed by atoms with Crippen LogP contribution in [0.3, 0.4) is 0 Å². The molecule has 0 radical (unpaired) electrons. The largest absolute Gasteiger partial charge is 0.461 e. The van der Waals surface area contributed by atoms with E-state index in [1.807, 2.05) is 0 Å². The third-order valence-corrected chi connectivity index (χ3v) is 3.50. The van der Waals surface area contributed by atoms with Crippen molar-refractivity contribution in [2.75, 3.05) is 0 Å². The number of hydrogen-bond acceptors (Lipinski definition) is 3. The number of carbonyl (C=O) groups is 2. The topological polar surface area (TPSA) is 55.4 Å². The lowest BCUT2D eigenvalue weighted by Crippen LogP contribution is -2.43. The second kappa shape index (κ2) is 5.52. The predicted octanol–water partition coefficient (Wildman–Crippen LogP) is 1.78. The van der Waals surface area contributed by atoms with Crippen LogP contribution in [0.25, 0.3) is 0 Å². The quantitative estimate of drug-likeness (QED) is 0.761. The first-order chi connectivity index (χ1) is 8.16. The fourth-order valence-corrected chi connectivity index (χ4v) is 2.21. The maximum Gasteiger partial charge on any atom is 0.328 e. The van der Waals surface area contributed by atoms with Crippen molar-refractivity contribution in [2.45, 2.75) is 64.0 Å². The standard InChI is InChI=1S/C13H21NO3/c1-9(13(16)17-11-7-8-11)14-12(15)10-5-3-2-4-6-10/h9-11H,2-8H2,1H3,(H,14,15)/t9-/m1/s1. The Balaban J connectivity index is 1.73. The molecule has 0 aliphatic heterocycles. The third-order valence-electron chi connectivity index (χ3n) is 3.50. The summed E-state index contributed by atoms with van der Waals surface area (Å²) in [5, 5.41) is 2.77. The molecule has 2 fully saturated rings. The highest BCUT2D eigenvalue weighted by atomic mass is 16.5. The molecule has 1 N–H and O–H groups in total. The lowest BCUT2D eigenvalue weighted by atomic mass is 9.88. The average molecular weight is 239 g/mol. The Labute approximate surface area is 102 Å². The van der Waals surface area contributed by atoms with Gasteiger partial charge in [-0.15, -0.1) is 0 Å². The van der Waals surface area contributed by atoms with Crippen LogP contribution in [0.2, 0.25) is 0 Å². The van der Waals surface area contributed by atoms with Gasteiger partial charge >= 0.3 is 5.97 Å². The average Bonchev–Trinajstić information content (AvgIpc) is 3.14. The van der Waals surface area contributed by atoms with Crippen molar-refractivity contribution < 1.29 is 14.3 Å². The molecule has 96 valence electrons. The van der Waals surface area contributed by atoms with Crippen molar-refractivity contribution in [1.29, 1.82) is 0 Å². The summed E-state index contributed by atoms with van der Waals surface area (Å²) in [5.74, 6) is -0.179. The van der Waals surface area contributed by atoms with Crippen LogP contribution in [-0.4, -0.2) is 24.0 Å². The van der Waals surface area contributed by atoms with Gasteiger partial charge in [0.2, 0.25) is 5.91 Å². The third kappa shape index (κ3) is 3.72. The Morgan fingerprint density at radius 1 is 1.12 bits per heavy atom. The summed E-state index contributed by atoms with van der Waals surface area (Å²) in [4.78, 5) is 23.5. The Bertz CT molecular complexity index is 293. The van der Waals surface area contributed by atoms with Crippen LogP contribution in [0.1, 0.15) is 51.9 Å². The fraction of sp³-hybridized carbons (Fsp3) is 0.846. The Morgan fingerprint density at radius 2 is 1.76 bits per heavy atom. The first-order valence-corrected chi connectivity index (χ1v) is 6.67. The van der Waals surface area contributed by atoms with E-state index in [0.29, 0.717) is 0 Å². The summed E-state index contributed by atoms with van der Waals surface area (Å²) >= 11 is 0. The van der Waals surface area contributed by atoms with Gasteiger partial charge in [-0.05, 0) is 32.6 Å². The molecule has 2 aliphatic rings. The number of esters is 1. The molecular weight excluding hydrogens is 218 g/mol. The van der Waals surface area contributed by atoms with E-state index in [9.17, 15) is 9.59 Å². The van der Waals surface area contributed by atoms with Gasteiger partial charge in [0.25, 0.3) is 0 Å². The number of amides is 1. The normalized spacial score (nSPS) is 22.9. The molecule has 0 aromatic rings. The molecule has 17 heavy (non-hydrogen) atoms. The van der Waals surface area contributed by atoms with Gasteiger partial charge < -0.3 is 10.1 Å². The van der Waals surface area contributed by atoms with Gasteiger partial charge in [-0.1, -0.05) is 19.3 Å². The summed E-state index contributed by atoms with van der Waals surface area (Å²) in [6.45, 7) is 1.70. The van der Waals surface area contributed by atoms with E-state index in [1.54, 1.807) is 6.92 Å². The molecule has 0 bridgehead atoms. The minimum atomic E-state index is -0.509. The monoisotopic (exact) mass is 239 g/mol. The van der Waals surface area contributed by atoms with Crippen molar-refractivity contribution in [3.63, 3.8) is 0 Å². The maximum atomic E-state index is 11.9. The minimum Gasteiger partial charge on any atom is -0.461 e. The SMILES string of the molecule is C[C@@H](NC(=O)C1CCCCC1)C(=O)OC1CC1. The molecule has 4 nitrogen and oxygen atoms in total. The molecule has 0 unspecified atom stereocenters. The molecule has 1 amide bonds. The summed E-state index contributed by atoms with van der Waals surface area (Å²) in [7, 11) is 0. The number of rotatable bonds is 4. The van der Waals surface area contributed by atoms with E-state index in [0.717, 1.165) is 38.5 Å². The van der Waals surface area contributed by atoms with Gasteiger partial charge in [0, 0.05) is 5.92 Å². The van der Waals surface area contributed by atoms with Gasteiger partial charge in [0.05, 0.1) is 0 Å². The van der Waals surface area contributed by atoms with Crippen LogP contribution in [0.4, 0.5) is 0 Å². The molecule has 0 spiro atoms. The Hall–Kier alpha value is -1.06. The molecule has 2 rings (SSSR count). The summed E-state index contributed by atoms with van der Waals surface area (Å²) in [5.41, 5.74) is 0. The molecule has 0 aromatic heterocycles. The van der Waals surface area contributed by atoms with Crippen molar-refractivity contribution in [3.8, 4) is 0 Å². The molecule has 0 saturated heterocycles. The van der Waals surface area contributed by atoms with Gasteiger partial charge in [-0.2, -0.15) is 0 Å². The van der Waals surface area contributed by atoms with Crippen LogP contribution in [0, 0.1) is 5.92 Å². The van der Waals surface area contributed by atoms with Gasteiger partial charge in [-0.3, -0.25) is 4.79 Å². The van der Waals surface area contributed by atoms with Crippen molar-refractivity contribution >= 4 is 11.9 Å². The smallest absolute Gasteiger partial charge is 0.328 e. The van der Waals surface area contributed by atoms with Crippen molar-refractivity contribution in [3.05, 3.63) is 0 Å². The van der Waals surface area contributed by atoms with Crippen LogP contribution < -0.4 is 5.32 Å². The second-order valence-corrected chi connectivity index (χ2v) is 5.20. The van der Waals surface area contributed by atoms with Crippen molar-refractivity contribution in [1.82, 2.24) is 5.32 Å². The molecule has 0 aromatic carbocycles. The molecule has 4 heteroatoms. The second-order valence-electron chi connectivity index (χ2n) is 5.20. The predicted molar refractivity (Wildman–Crippen MR) is 63.3 cm³/mol. The minimum absolute atomic E-state index is 0.0185. The number of ether oxygens (including phenoxy) is 1. The van der Waals surface area contributed by atoms with E-state index < -0.39 is 6.04 Å². The molecular formula is C13H21NO3. The summed E-state index contributed by atoms with van der Waals surface area (Å²) in [6, 6.07) is -0.509. The van der Waals surface area contributed by atoms with Crippen LogP contribution in [0.15, 0.2) is 0 Å². The fourth-order valence-electron chi connectivity index (χ4n) is 2.21. The molecule has 1 atom stereocenters. The van der Waals surface area contributed by atoms with Crippen LogP contribution in [-0.2, 0) is 14.3 Å². The first-order valence-electron chi connectivity index (χ1n) is 6.67. The zero-order chi connectivity index (χ0) is 12.3. The van der Waals surface area contributed by atoms with E-state index in [4.69, 9.17) is 4.74 Å². The van der Waals surface area contributed by atoms with Crippen LogP contribution in [0.5, 0.6) is 0 Å². The van der Waals surface area contributed by atoms with Crippen molar-refractivity contribution in [2.24, 2.45) is 5.92 Å². The van der Waals surface area contributed by atoms with E-state index in [1.165, 1.54) is 6.42 Å². The summed E-state index contributed by atoms with van der Waals surface area (Å²) in [6.07, 6.45) is 7.42. The Morgan fingerprint density at radius 3 is 2.35 bits per heavy atom. The number of nitrogens with one attached hydrogen (secondary N) is 1. The zero-order valence-electron chi connectivity index (χ0n) is 10.4. The van der Waals surface area contributed by atoms with E-state index in [-0.39, 0.29) is 23.9 Å². The first kappa shape index (κ1) is 12.4. The summed E-state index contributed by atoms with van der Waals surface area (Å²) < 4.78 is 5.16. The van der Waals surface area contributed by atoms with Crippen LogP contribution >= 0.6 is 0 Å². The number of hydrogen-bond donors (Lipinski definition) is 1. The highest BCUT2D eigenvalue weighted by Gasteiger charge is 2.30. The lowest BCUT2D eigenvalue weighted by molar-refractivity contribution is -0.149. The molecule has 0 heterocycles. The maximum absolute atomic E-state index is 11.9. The zero-order valence-corrected chi connectivity index (χ0v) is 10.4. The van der Waals surface area contributed by atoms with E-state index >= 15 is 0 Å². The van der Waals surface area contributed by atoms with E-state index in [2.05, 4.69) is 5.32 Å². The van der Waals surface area contributed by atoms with Gasteiger partial charge in [-0.25, -0.2) is 4.79 Å². The van der Waals surface area contributed by atoms with Gasteiger partial charge in [0.15, 0.2) is 0 Å². The Kier molecular flexibility index (Phi) is 4.02. The molecule has 2 aliphatic carbocycles. The lowest BCUT2D eigenvalue weighted by Gasteiger charge is -2.22. The highest BCUT2D eigenvalue weighted by molar-refractivity contribution is 5.85. The highest BCUT2D eigenvalue weighted by Crippen LogP contribution is 2.25. The molecule has 2 saturated carbocycles. The number of carbonyl (C=O) groups excluding carboxylic acids is 2.